The zero-order valence-corrected chi connectivity index (χ0v) is 12.8. The number of rotatable bonds is 8. The monoisotopic (exact) mass is 344 g/mol. The van der Waals surface area contributed by atoms with Crippen molar-refractivity contribution in [3.05, 3.63) is 38.3 Å². The van der Waals surface area contributed by atoms with Crippen LogP contribution in [-0.4, -0.2) is 30.6 Å². The molecular formula is C13H17BrN2O4. The van der Waals surface area contributed by atoms with E-state index in [4.69, 9.17) is 4.74 Å². The molecule has 1 amide bonds. The molecule has 0 spiro atoms. The zero-order valence-electron chi connectivity index (χ0n) is 11.2. The van der Waals surface area contributed by atoms with Crippen molar-refractivity contribution in [1.29, 1.82) is 0 Å². The molecule has 0 fully saturated rings. The van der Waals surface area contributed by atoms with Crippen LogP contribution < -0.4 is 5.32 Å². The van der Waals surface area contributed by atoms with Crippen LogP contribution in [0.4, 0.5) is 5.69 Å². The summed E-state index contributed by atoms with van der Waals surface area (Å²) >= 11 is 3.09. The molecule has 0 aliphatic carbocycles. The SMILES string of the molecule is CCCCOCCNC(=O)c1cccc([N+](=O)[O-])c1Br. The van der Waals surface area contributed by atoms with E-state index in [9.17, 15) is 14.9 Å². The van der Waals surface area contributed by atoms with E-state index < -0.39 is 4.92 Å². The number of amides is 1. The minimum absolute atomic E-state index is 0.128. The van der Waals surface area contributed by atoms with E-state index in [1.807, 2.05) is 0 Å². The summed E-state index contributed by atoms with van der Waals surface area (Å²) in [6.07, 6.45) is 2.05. The minimum atomic E-state index is -0.533. The van der Waals surface area contributed by atoms with Crippen LogP contribution in [0.3, 0.4) is 0 Å². The lowest BCUT2D eigenvalue weighted by Gasteiger charge is -2.07. The van der Waals surface area contributed by atoms with Crippen molar-refractivity contribution in [2.45, 2.75) is 19.8 Å². The third-order valence-corrected chi connectivity index (χ3v) is 3.43. The lowest BCUT2D eigenvalue weighted by atomic mass is 10.2. The van der Waals surface area contributed by atoms with Gasteiger partial charge < -0.3 is 10.1 Å². The normalized spacial score (nSPS) is 10.3. The molecule has 0 unspecified atom stereocenters. The summed E-state index contributed by atoms with van der Waals surface area (Å²) in [6, 6.07) is 4.36. The number of benzene rings is 1. The topological polar surface area (TPSA) is 81.5 Å². The standard InChI is InChI=1S/C13H17BrN2O4/c1-2-3-8-20-9-7-15-13(17)10-5-4-6-11(12(10)14)16(18)19/h4-6H,2-3,7-9H2,1H3,(H,15,17). The van der Waals surface area contributed by atoms with Gasteiger partial charge in [0.1, 0.15) is 4.47 Å². The first-order chi connectivity index (χ1) is 9.57. The van der Waals surface area contributed by atoms with Gasteiger partial charge in [0.25, 0.3) is 11.6 Å². The van der Waals surface area contributed by atoms with Crippen molar-refractivity contribution in [1.82, 2.24) is 5.32 Å². The second-order valence-electron chi connectivity index (χ2n) is 4.12. The van der Waals surface area contributed by atoms with E-state index >= 15 is 0 Å². The lowest BCUT2D eigenvalue weighted by Crippen LogP contribution is -2.27. The van der Waals surface area contributed by atoms with E-state index in [0.29, 0.717) is 19.8 Å². The molecule has 0 saturated carbocycles. The van der Waals surface area contributed by atoms with Crippen molar-refractivity contribution in [3.63, 3.8) is 0 Å². The number of ether oxygens (including phenoxy) is 1. The molecule has 1 aromatic rings. The molecule has 110 valence electrons. The van der Waals surface area contributed by atoms with Gasteiger partial charge in [0.2, 0.25) is 0 Å². The maximum atomic E-state index is 11.9. The summed E-state index contributed by atoms with van der Waals surface area (Å²) in [4.78, 5) is 22.2. The Morgan fingerprint density at radius 2 is 2.20 bits per heavy atom. The van der Waals surface area contributed by atoms with Gasteiger partial charge >= 0.3 is 0 Å². The van der Waals surface area contributed by atoms with Gasteiger partial charge in [-0.15, -0.1) is 0 Å². The number of nitrogens with zero attached hydrogens (tertiary/aromatic N) is 1. The van der Waals surface area contributed by atoms with Gasteiger partial charge in [0.05, 0.1) is 17.1 Å². The molecule has 0 aliphatic rings. The maximum absolute atomic E-state index is 11.9. The number of hydrogen-bond acceptors (Lipinski definition) is 4. The Bertz CT molecular complexity index is 479. The highest BCUT2D eigenvalue weighted by atomic mass is 79.9. The number of unbranched alkanes of at least 4 members (excludes halogenated alkanes) is 1. The lowest BCUT2D eigenvalue weighted by molar-refractivity contribution is -0.385. The molecular weight excluding hydrogens is 328 g/mol. The smallest absolute Gasteiger partial charge is 0.284 e. The molecule has 1 aromatic carbocycles. The van der Waals surface area contributed by atoms with Crippen molar-refractivity contribution < 1.29 is 14.5 Å². The summed E-state index contributed by atoms with van der Waals surface area (Å²) in [6.45, 7) is 3.55. The number of carbonyl (C=O) groups excluding carboxylic acids is 1. The Balaban J connectivity index is 2.52. The van der Waals surface area contributed by atoms with E-state index in [2.05, 4.69) is 28.2 Å². The molecule has 0 bridgehead atoms. The van der Waals surface area contributed by atoms with Crippen LogP contribution in [0.25, 0.3) is 0 Å². The van der Waals surface area contributed by atoms with Gasteiger partial charge in [-0.1, -0.05) is 19.4 Å². The van der Waals surface area contributed by atoms with Crippen LogP contribution in [0, 0.1) is 10.1 Å². The van der Waals surface area contributed by atoms with Crippen molar-refractivity contribution in [2.24, 2.45) is 0 Å². The summed E-state index contributed by atoms with van der Waals surface area (Å²) in [5.74, 6) is -0.361. The fourth-order valence-corrected chi connectivity index (χ4v) is 2.11. The number of nitro groups is 1. The third-order valence-electron chi connectivity index (χ3n) is 2.59. The number of nitrogens with one attached hydrogen (secondary N) is 1. The molecule has 6 nitrogen and oxygen atoms in total. The Labute approximate surface area is 125 Å². The largest absolute Gasteiger partial charge is 0.380 e. The average Bonchev–Trinajstić information content (AvgIpc) is 2.42. The van der Waals surface area contributed by atoms with Gasteiger partial charge in [-0.05, 0) is 28.4 Å². The second kappa shape index (κ2) is 8.65. The zero-order chi connectivity index (χ0) is 15.0. The number of hydrogen-bond donors (Lipinski definition) is 1. The number of nitro benzene ring substituents is 1. The van der Waals surface area contributed by atoms with Crippen molar-refractivity contribution in [3.8, 4) is 0 Å². The molecule has 0 saturated heterocycles. The highest BCUT2D eigenvalue weighted by Gasteiger charge is 2.18. The fourth-order valence-electron chi connectivity index (χ4n) is 1.52. The second-order valence-corrected chi connectivity index (χ2v) is 4.91. The number of halogens is 1. The van der Waals surface area contributed by atoms with E-state index in [1.54, 1.807) is 0 Å². The molecule has 1 rings (SSSR count). The fraction of sp³-hybridized carbons (Fsp3) is 0.462. The molecule has 0 aliphatic heterocycles. The summed E-state index contributed by atoms with van der Waals surface area (Å²) in [5.41, 5.74) is 0.115. The van der Waals surface area contributed by atoms with Crippen LogP contribution in [-0.2, 0) is 4.74 Å². The van der Waals surface area contributed by atoms with E-state index in [-0.39, 0.29) is 21.6 Å². The Morgan fingerprint density at radius 3 is 2.85 bits per heavy atom. The average molecular weight is 345 g/mol. The first kappa shape index (κ1) is 16.6. The Kier molecular flexibility index (Phi) is 7.17. The minimum Gasteiger partial charge on any atom is -0.380 e. The van der Waals surface area contributed by atoms with Crippen molar-refractivity contribution in [2.75, 3.05) is 19.8 Å². The first-order valence-electron chi connectivity index (χ1n) is 6.36. The Morgan fingerprint density at radius 1 is 1.45 bits per heavy atom. The molecule has 1 N–H and O–H groups in total. The third kappa shape index (κ3) is 4.90. The van der Waals surface area contributed by atoms with Crippen LogP contribution in [0.5, 0.6) is 0 Å². The van der Waals surface area contributed by atoms with Gasteiger partial charge in [-0.3, -0.25) is 14.9 Å². The van der Waals surface area contributed by atoms with Gasteiger partial charge in [0, 0.05) is 19.2 Å². The predicted octanol–water partition coefficient (Wildman–Crippen LogP) is 2.90. The highest BCUT2D eigenvalue weighted by Crippen LogP contribution is 2.28. The Hall–Kier alpha value is -1.47. The molecule has 20 heavy (non-hydrogen) atoms. The molecule has 0 atom stereocenters. The van der Waals surface area contributed by atoms with E-state index in [1.165, 1.54) is 18.2 Å². The molecule has 7 heteroatoms. The quantitative estimate of drug-likeness (QED) is 0.446. The van der Waals surface area contributed by atoms with Crippen LogP contribution in [0.1, 0.15) is 30.1 Å². The van der Waals surface area contributed by atoms with Crippen LogP contribution in [0.15, 0.2) is 22.7 Å². The predicted molar refractivity (Wildman–Crippen MR) is 78.9 cm³/mol. The molecule has 0 radical (unpaired) electrons. The van der Waals surface area contributed by atoms with Crippen LogP contribution >= 0.6 is 15.9 Å². The van der Waals surface area contributed by atoms with Gasteiger partial charge in [0.15, 0.2) is 0 Å². The first-order valence-corrected chi connectivity index (χ1v) is 7.16. The highest BCUT2D eigenvalue weighted by molar-refractivity contribution is 9.10. The van der Waals surface area contributed by atoms with Crippen molar-refractivity contribution >= 4 is 27.5 Å². The van der Waals surface area contributed by atoms with Gasteiger partial charge in [-0.25, -0.2) is 0 Å². The van der Waals surface area contributed by atoms with E-state index in [0.717, 1.165) is 12.8 Å². The summed E-state index contributed by atoms with van der Waals surface area (Å²) in [5, 5.41) is 13.4. The summed E-state index contributed by atoms with van der Waals surface area (Å²) < 4.78 is 5.51. The number of carbonyl (C=O) groups is 1. The maximum Gasteiger partial charge on any atom is 0.284 e. The summed E-state index contributed by atoms with van der Waals surface area (Å²) in [7, 11) is 0. The molecule has 0 aromatic heterocycles. The molecule has 0 heterocycles. The van der Waals surface area contributed by atoms with Gasteiger partial charge in [-0.2, -0.15) is 0 Å². The van der Waals surface area contributed by atoms with Crippen LogP contribution in [0.2, 0.25) is 0 Å².